The van der Waals surface area contributed by atoms with Gasteiger partial charge in [0.15, 0.2) is 0 Å². The average Bonchev–Trinajstić information content (AvgIpc) is 2.45. The summed E-state index contributed by atoms with van der Waals surface area (Å²) in [6, 6.07) is 0. The largest absolute Gasteiger partial charge is 0.481 e. The SMILES string of the molecule is C[C@H](CC[C@H]1[C@@H](C)CC[C@@H]2[C@]1(C)CCC[C@]2(C)C(=O)O)CC(=O)O. The molecule has 0 heterocycles. The fourth-order valence-electron chi connectivity index (χ4n) is 6.02. The van der Waals surface area contributed by atoms with E-state index in [1.807, 2.05) is 13.8 Å². The molecule has 0 aromatic heterocycles. The van der Waals surface area contributed by atoms with Crippen LogP contribution >= 0.6 is 0 Å². The lowest BCUT2D eigenvalue weighted by atomic mass is 9.45. The van der Waals surface area contributed by atoms with Gasteiger partial charge < -0.3 is 10.2 Å². The topological polar surface area (TPSA) is 74.6 Å². The molecule has 0 aliphatic heterocycles. The zero-order valence-electron chi connectivity index (χ0n) is 15.7. The number of fused-ring (bicyclic) bond motifs is 1. The van der Waals surface area contributed by atoms with E-state index in [9.17, 15) is 14.7 Å². The minimum Gasteiger partial charge on any atom is -0.481 e. The summed E-state index contributed by atoms with van der Waals surface area (Å²) in [6.07, 6.45) is 7.19. The smallest absolute Gasteiger partial charge is 0.309 e. The molecule has 2 saturated carbocycles. The second-order valence-corrected chi connectivity index (χ2v) is 9.08. The van der Waals surface area contributed by atoms with Gasteiger partial charge in [0, 0.05) is 6.42 Å². The van der Waals surface area contributed by atoms with Gasteiger partial charge in [0.25, 0.3) is 0 Å². The number of carbonyl (C=O) groups is 2. The molecular formula is C20H34O4. The van der Waals surface area contributed by atoms with Gasteiger partial charge in [-0.3, -0.25) is 9.59 Å². The van der Waals surface area contributed by atoms with Crippen molar-refractivity contribution in [3.05, 3.63) is 0 Å². The Morgan fingerprint density at radius 2 is 1.83 bits per heavy atom. The molecule has 0 amide bonds. The number of carboxylic acids is 2. The van der Waals surface area contributed by atoms with Crippen LogP contribution in [-0.2, 0) is 9.59 Å². The Hall–Kier alpha value is -1.06. The van der Waals surface area contributed by atoms with Crippen LogP contribution in [0.4, 0.5) is 0 Å². The third-order valence-electron chi connectivity index (χ3n) is 7.40. The number of aliphatic carboxylic acids is 2. The summed E-state index contributed by atoms with van der Waals surface area (Å²) >= 11 is 0. The van der Waals surface area contributed by atoms with Crippen molar-refractivity contribution in [1.29, 1.82) is 0 Å². The lowest BCUT2D eigenvalue weighted by Crippen LogP contribution is -2.54. The molecule has 4 heteroatoms. The second kappa shape index (κ2) is 7.05. The van der Waals surface area contributed by atoms with Crippen LogP contribution in [0.3, 0.4) is 0 Å². The van der Waals surface area contributed by atoms with Crippen LogP contribution in [0.5, 0.6) is 0 Å². The molecule has 0 aromatic rings. The van der Waals surface area contributed by atoms with Crippen LogP contribution in [0.2, 0.25) is 0 Å². The van der Waals surface area contributed by atoms with Crippen molar-refractivity contribution in [2.75, 3.05) is 0 Å². The Morgan fingerprint density at radius 1 is 1.17 bits per heavy atom. The van der Waals surface area contributed by atoms with E-state index in [0.717, 1.165) is 44.9 Å². The minimum absolute atomic E-state index is 0.0754. The molecule has 2 rings (SSSR count). The summed E-state index contributed by atoms with van der Waals surface area (Å²) in [6.45, 7) is 8.60. The molecule has 0 radical (unpaired) electrons. The Bertz CT molecular complexity index is 488. The van der Waals surface area contributed by atoms with Gasteiger partial charge in [0.2, 0.25) is 0 Å². The number of hydrogen-bond acceptors (Lipinski definition) is 2. The molecule has 2 fully saturated rings. The summed E-state index contributed by atoms with van der Waals surface area (Å²) in [7, 11) is 0. The van der Waals surface area contributed by atoms with E-state index >= 15 is 0 Å². The monoisotopic (exact) mass is 338 g/mol. The van der Waals surface area contributed by atoms with Crippen LogP contribution < -0.4 is 0 Å². The highest BCUT2D eigenvalue weighted by atomic mass is 16.4. The maximum atomic E-state index is 12.0. The van der Waals surface area contributed by atoms with E-state index in [1.165, 1.54) is 0 Å². The molecule has 2 aliphatic carbocycles. The molecule has 138 valence electrons. The highest BCUT2D eigenvalue weighted by molar-refractivity contribution is 5.75. The lowest BCUT2D eigenvalue weighted by molar-refractivity contribution is -0.169. The van der Waals surface area contributed by atoms with Crippen molar-refractivity contribution in [3.8, 4) is 0 Å². The van der Waals surface area contributed by atoms with Crippen LogP contribution in [0, 0.1) is 34.5 Å². The van der Waals surface area contributed by atoms with Gasteiger partial charge in [0.05, 0.1) is 5.41 Å². The van der Waals surface area contributed by atoms with Crippen molar-refractivity contribution >= 4 is 11.9 Å². The fraction of sp³-hybridized carbons (Fsp3) is 0.900. The summed E-state index contributed by atoms with van der Waals surface area (Å²) in [5.74, 6) is 0.177. The Balaban J connectivity index is 2.17. The molecule has 4 nitrogen and oxygen atoms in total. The molecule has 2 N–H and O–H groups in total. The molecule has 0 bridgehead atoms. The molecule has 24 heavy (non-hydrogen) atoms. The van der Waals surface area contributed by atoms with Crippen molar-refractivity contribution < 1.29 is 19.8 Å². The van der Waals surface area contributed by atoms with Gasteiger partial charge >= 0.3 is 11.9 Å². The van der Waals surface area contributed by atoms with Gasteiger partial charge in [0.1, 0.15) is 0 Å². The number of carboxylic acid groups (broad SMARTS) is 2. The fourth-order valence-corrected chi connectivity index (χ4v) is 6.02. The third-order valence-corrected chi connectivity index (χ3v) is 7.40. The normalized spacial score (nSPS) is 40.6. The molecule has 0 unspecified atom stereocenters. The number of hydrogen-bond donors (Lipinski definition) is 2. The van der Waals surface area contributed by atoms with Crippen molar-refractivity contribution in [1.82, 2.24) is 0 Å². The summed E-state index contributed by atoms with van der Waals surface area (Å²) in [5.41, 5.74) is -0.524. The van der Waals surface area contributed by atoms with Crippen molar-refractivity contribution in [3.63, 3.8) is 0 Å². The van der Waals surface area contributed by atoms with E-state index in [1.54, 1.807) is 0 Å². The number of rotatable bonds is 6. The molecule has 6 atom stereocenters. The van der Waals surface area contributed by atoms with Gasteiger partial charge in [-0.1, -0.05) is 33.6 Å². The average molecular weight is 338 g/mol. The molecular weight excluding hydrogens is 304 g/mol. The van der Waals surface area contributed by atoms with Gasteiger partial charge in [-0.2, -0.15) is 0 Å². The first-order valence-electron chi connectivity index (χ1n) is 9.56. The Kier molecular flexibility index (Phi) is 5.66. The predicted molar refractivity (Wildman–Crippen MR) is 93.7 cm³/mol. The predicted octanol–water partition coefficient (Wildman–Crippen LogP) is 4.82. The Morgan fingerprint density at radius 3 is 2.42 bits per heavy atom. The van der Waals surface area contributed by atoms with Gasteiger partial charge in [-0.25, -0.2) is 0 Å². The minimum atomic E-state index is -0.723. The summed E-state index contributed by atoms with van der Waals surface area (Å²) in [4.78, 5) is 22.9. The van der Waals surface area contributed by atoms with Crippen molar-refractivity contribution in [2.45, 2.75) is 79.1 Å². The second-order valence-electron chi connectivity index (χ2n) is 9.08. The highest BCUT2D eigenvalue weighted by Gasteiger charge is 2.57. The van der Waals surface area contributed by atoms with Gasteiger partial charge in [-0.15, -0.1) is 0 Å². The molecule has 0 aromatic carbocycles. The van der Waals surface area contributed by atoms with E-state index in [2.05, 4.69) is 13.8 Å². The standard InChI is InChI=1S/C20H34O4/c1-13(12-17(21)22)6-8-15-14(2)7-9-16-19(15,3)10-5-11-20(16,4)18(23)24/h13-16H,5-12H2,1-4H3,(H,21,22)(H,23,24)/t13-,14+,15+,16-,19-,20+/m1/s1. The maximum Gasteiger partial charge on any atom is 0.309 e. The summed E-state index contributed by atoms with van der Waals surface area (Å²) < 4.78 is 0. The van der Waals surface area contributed by atoms with Crippen LogP contribution in [0.25, 0.3) is 0 Å². The van der Waals surface area contributed by atoms with E-state index in [-0.39, 0.29) is 23.7 Å². The zero-order valence-corrected chi connectivity index (χ0v) is 15.7. The molecule has 0 spiro atoms. The van der Waals surface area contributed by atoms with E-state index < -0.39 is 17.4 Å². The van der Waals surface area contributed by atoms with E-state index in [0.29, 0.717) is 11.8 Å². The van der Waals surface area contributed by atoms with Crippen LogP contribution in [0.15, 0.2) is 0 Å². The quantitative estimate of drug-likeness (QED) is 0.728. The Labute approximate surface area is 146 Å². The third kappa shape index (κ3) is 3.48. The first-order chi connectivity index (χ1) is 11.1. The van der Waals surface area contributed by atoms with Crippen molar-refractivity contribution in [2.24, 2.45) is 34.5 Å². The van der Waals surface area contributed by atoms with Crippen LogP contribution in [-0.4, -0.2) is 22.2 Å². The van der Waals surface area contributed by atoms with E-state index in [4.69, 9.17) is 5.11 Å². The first-order valence-corrected chi connectivity index (χ1v) is 9.56. The molecule has 2 aliphatic rings. The van der Waals surface area contributed by atoms with Gasteiger partial charge in [-0.05, 0) is 68.1 Å². The zero-order chi connectivity index (χ0) is 18.1. The molecule has 0 saturated heterocycles. The lowest BCUT2D eigenvalue weighted by Gasteiger charge is -2.58. The maximum absolute atomic E-state index is 12.0. The highest BCUT2D eigenvalue weighted by Crippen LogP contribution is 2.62. The first kappa shape index (κ1) is 19.3. The van der Waals surface area contributed by atoms with Crippen LogP contribution in [0.1, 0.15) is 79.1 Å². The summed E-state index contributed by atoms with van der Waals surface area (Å²) in [5, 5.41) is 18.8.